The lowest BCUT2D eigenvalue weighted by Gasteiger charge is -2.37. The topological polar surface area (TPSA) is 38.7 Å². The van der Waals surface area contributed by atoms with Gasteiger partial charge in [0.25, 0.3) is 0 Å². The Morgan fingerprint density at radius 2 is 1.61 bits per heavy atom. The van der Waals surface area contributed by atoms with E-state index < -0.39 is 0 Å². The molecule has 0 saturated carbocycles. The highest BCUT2D eigenvalue weighted by atomic mass is 16.3. The van der Waals surface area contributed by atoms with Crippen molar-refractivity contribution >= 4 is 0 Å². The van der Waals surface area contributed by atoms with Crippen molar-refractivity contribution in [1.29, 1.82) is 0 Å². The van der Waals surface area contributed by atoms with Gasteiger partial charge in [0.15, 0.2) is 0 Å². The van der Waals surface area contributed by atoms with E-state index in [2.05, 4.69) is 35.9 Å². The zero-order valence-corrected chi connectivity index (χ0v) is 12.4. The number of hydrogen-bond acceptors (Lipinski definition) is 4. The van der Waals surface area contributed by atoms with Crippen molar-refractivity contribution in [2.75, 3.05) is 52.4 Å². The Bertz CT molecular complexity index is 203. The first-order chi connectivity index (χ1) is 8.65. The normalized spacial score (nSPS) is 20.5. The van der Waals surface area contributed by atoms with Crippen LogP contribution in [0.15, 0.2) is 0 Å². The molecule has 1 heterocycles. The summed E-state index contributed by atoms with van der Waals surface area (Å²) in [4.78, 5) is 5.02. The van der Waals surface area contributed by atoms with Crippen molar-refractivity contribution in [3.63, 3.8) is 0 Å². The molecule has 0 spiro atoms. The average Bonchev–Trinajstić information content (AvgIpc) is 2.36. The minimum Gasteiger partial charge on any atom is -0.395 e. The molecule has 1 unspecified atom stereocenters. The van der Waals surface area contributed by atoms with Crippen molar-refractivity contribution in [3.8, 4) is 0 Å². The summed E-state index contributed by atoms with van der Waals surface area (Å²) in [5, 5.41) is 12.8. The molecule has 1 atom stereocenters. The Kier molecular flexibility index (Phi) is 7.82. The molecule has 4 nitrogen and oxygen atoms in total. The first-order valence-corrected chi connectivity index (χ1v) is 7.44. The van der Waals surface area contributed by atoms with Crippen LogP contribution in [0.2, 0.25) is 0 Å². The lowest BCUT2D eigenvalue weighted by molar-refractivity contribution is 0.103. The van der Waals surface area contributed by atoms with Gasteiger partial charge in [0.2, 0.25) is 0 Å². The lowest BCUT2D eigenvalue weighted by atomic mass is 10.2. The van der Waals surface area contributed by atoms with Crippen LogP contribution in [0.4, 0.5) is 0 Å². The third kappa shape index (κ3) is 6.14. The van der Waals surface area contributed by atoms with Gasteiger partial charge >= 0.3 is 0 Å². The number of aliphatic hydroxyl groups is 1. The Balaban J connectivity index is 2.21. The summed E-state index contributed by atoms with van der Waals surface area (Å²) in [6.07, 6.45) is 1.12. The van der Waals surface area contributed by atoms with Crippen LogP contribution >= 0.6 is 0 Å². The molecule has 1 saturated heterocycles. The van der Waals surface area contributed by atoms with E-state index >= 15 is 0 Å². The number of hydrogen-bond donors (Lipinski definition) is 2. The van der Waals surface area contributed by atoms with Crippen molar-refractivity contribution < 1.29 is 5.11 Å². The van der Waals surface area contributed by atoms with Crippen LogP contribution in [-0.4, -0.2) is 73.4 Å². The van der Waals surface area contributed by atoms with Gasteiger partial charge < -0.3 is 15.3 Å². The van der Waals surface area contributed by atoms with E-state index in [1.165, 1.54) is 19.6 Å². The largest absolute Gasteiger partial charge is 0.395 e. The molecule has 1 fully saturated rings. The molecule has 1 aliphatic rings. The lowest BCUT2D eigenvalue weighted by Crippen LogP contribution is -2.52. The van der Waals surface area contributed by atoms with Gasteiger partial charge in [0.1, 0.15) is 0 Å². The fraction of sp³-hybridized carbons (Fsp3) is 1.00. The molecular formula is C14H31N3O. The number of aliphatic hydroxyl groups excluding tert-OH is 1. The SMILES string of the molecule is CCCNC(CO)CN1CCN(CC(C)C)CC1. The van der Waals surface area contributed by atoms with Crippen molar-refractivity contribution in [2.24, 2.45) is 5.92 Å². The summed E-state index contributed by atoms with van der Waals surface area (Å²) >= 11 is 0. The smallest absolute Gasteiger partial charge is 0.0597 e. The van der Waals surface area contributed by atoms with E-state index in [1.807, 2.05) is 0 Å². The quantitative estimate of drug-likeness (QED) is 0.669. The number of rotatable bonds is 8. The summed E-state index contributed by atoms with van der Waals surface area (Å²) in [6.45, 7) is 14.8. The molecule has 0 radical (unpaired) electrons. The van der Waals surface area contributed by atoms with Crippen molar-refractivity contribution in [3.05, 3.63) is 0 Å². The van der Waals surface area contributed by atoms with E-state index in [1.54, 1.807) is 0 Å². The van der Waals surface area contributed by atoms with E-state index in [9.17, 15) is 5.11 Å². The van der Waals surface area contributed by atoms with Crippen LogP contribution in [0.5, 0.6) is 0 Å². The van der Waals surface area contributed by atoms with Gasteiger partial charge in [0, 0.05) is 45.3 Å². The third-order valence-corrected chi connectivity index (χ3v) is 3.47. The highest BCUT2D eigenvalue weighted by Gasteiger charge is 2.19. The molecule has 4 heteroatoms. The second kappa shape index (κ2) is 8.86. The van der Waals surface area contributed by atoms with Crippen LogP contribution in [0, 0.1) is 5.92 Å². The molecule has 0 aromatic rings. The summed E-state index contributed by atoms with van der Waals surface area (Å²) in [5.74, 6) is 0.757. The summed E-state index contributed by atoms with van der Waals surface area (Å²) < 4.78 is 0. The minimum atomic E-state index is 0.238. The third-order valence-electron chi connectivity index (χ3n) is 3.47. The zero-order valence-electron chi connectivity index (χ0n) is 12.4. The highest BCUT2D eigenvalue weighted by Crippen LogP contribution is 2.05. The molecule has 2 N–H and O–H groups in total. The van der Waals surface area contributed by atoms with Gasteiger partial charge in [-0.15, -0.1) is 0 Å². The van der Waals surface area contributed by atoms with Gasteiger partial charge in [-0.3, -0.25) is 4.90 Å². The second-order valence-electron chi connectivity index (χ2n) is 5.83. The summed E-state index contributed by atoms with van der Waals surface area (Å²) in [7, 11) is 0. The molecule has 1 rings (SSSR count). The van der Waals surface area contributed by atoms with E-state index in [0.717, 1.165) is 38.5 Å². The molecule has 0 aliphatic carbocycles. The molecule has 1 aliphatic heterocycles. The van der Waals surface area contributed by atoms with Crippen LogP contribution < -0.4 is 5.32 Å². The molecule has 0 bridgehead atoms. The van der Waals surface area contributed by atoms with Crippen LogP contribution in [0.3, 0.4) is 0 Å². The van der Waals surface area contributed by atoms with Gasteiger partial charge in [0.05, 0.1) is 6.61 Å². The Hall–Kier alpha value is -0.160. The fourth-order valence-electron chi connectivity index (χ4n) is 2.52. The number of nitrogens with one attached hydrogen (secondary N) is 1. The van der Waals surface area contributed by atoms with Crippen LogP contribution in [-0.2, 0) is 0 Å². The molecule has 108 valence electrons. The Morgan fingerprint density at radius 1 is 1.06 bits per heavy atom. The molecule has 18 heavy (non-hydrogen) atoms. The second-order valence-corrected chi connectivity index (χ2v) is 5.83. The Labute approximate surface area is 112 Å². The summed E-state index contributed by atoms with van der Waals surface area (Å²) in [5.41, 5.74) is 0. The van der Waals surface area contributed by atoms with Crippen LogP contribution in [0.1, 0.15) is 27.2 Å². The first-order valence-electron chi connectivity index (χ1n) is 7.44. The van der Waals surface area contributed by atoms with Gasteiger partial charge in [-0.25, -0.2) is 0 Å². The summed E-state index contributed by atoms with van der Waals surface area (Å²) in [6, 6.07) is 0.238. The first kappa shape index (κ1) is 15.9. The monoisotopic (exact) mass is 257 g/mol. The predicted molar refractivity (Wildman–Crippen MR) is 76.9 cm³/mol. The molecule has 0 aromatic heterocycles. The number of nitrogens with zero attached hydrogens (tertiary/aromatic N) is 2. The van der Waals surface area contributed by atoms with Crippen molar-refractivity contribution in [2.45, 2.75) is 33.2 Å². The van der Waals surface area contributed by atoms with Crippen LogP contribution in [0.25, 0.3) is 0 Å². The fourth-order valence-corrected chi connectivity index (χ4v) is 2.52. The minimum absolute atomic E-state index is 0.238. The van der Waals surface area contributed by atoms with Gasteiger partial charge in [-0.05, 0) is 18.9 Å². The molecular weight excluding hydrogens is 226 g/mol. The van der Waals surface area contributed by atoms with E-state index in [4.69, 9.17) is 0 Å². The van der Waals surface area contributed by atoms with Crippen molar-refractivity contribution in [1.82, 2.24) is 15.1 Å². The van der Waals surface area contributed by atoms with E-state index in [-0.39, 0.29) is 12.6 Å². The standard InChI is InChI=1S/C14H31N3O/c1-4-5-15-14(12-18)11-17-8-6-16(7-9-17)10-13(2)3/h13-15,18H,4-12H2,1-3H3. The van der Waals surface area contributed by atoms with Gasteiger partial charge in [-0.1, -0.05) is 20.8 Å². The zero-order chi connectivity index (χ0) is 13.4. The maximum atomic E-state index is 9.35. The predicted octanol–water partition coefficient (Wildman–Crippen LogP) is 0.621. The van der Waals surface area contributed by atoms with E-state index in [0.29, 0.717) is 0 Å². The number of piperazine rings is 1. The molecule has 0 aromatic carbocycles. The van der Waals surface area contributed by atoms with Gasteiger partial charge in [-0.2, -0.15) is 0 Å². The maximum absolute atomic E-state index is 9.35. The Morgan fingerprint density at radius 3 is 2.06 bits per heavy atom. The maximum Gasteiger partial charge on any atom is 0.0597 e. The molecule has 0 amide bonds. The average molecular weight is 257 g/mol. The highest BCUT2D eigenvalue weighted by molar-refractivity contribution is 4.77.